The number of phosphoric ester groups is 1. The number of phosphoric acid groups is 1. The molecule has 0 bridgehead atoms. The number of hydrogen-bond acceptors (Lipinski definition) is 4. The molecule has 0 aliphatic carbocycles. The van der Waals surface area contributed by atoms with Gasteiger partial charge < -0.3 is 19.8 Å². The van der Waals surface area contributed by atoms with Gasteiger partial charge in [0.15, 0.2) is 0 Å². The number of benzene rings is 3. The minimum absolute atomic E-state index is 0.322. The minimum atomic E-state index is -4.61. The maximum atomic E-state index is 12.7. The average molecular weight is 455 g/mol. The Kier molecular flexibility index (Phi) is 8.20. The Balaban J connectivity index is 1.65. The summed E-state index contributed by atoms with van der Waals surface area (Å²) in [5.41, 5.74) is 3.33. The summed E-state index contributed by atoms with van der Waals surface area (Å²) < 4.78 is 21.2. The van der Waals surface area contributed by atoms with Crippen molar-refractivity contribution in [3.8, 4) is 16.9 Å². The van der Waals surface area contributed by atoms with Crippen molar-refractivity contribution < 1.29 is 28.4 Å². The molecule has 1 amide bonds. The van der Waals surface area contributed by atoms with Gasteiger partial charge in [-0.1, -0.05) is 55.8 Å². The Hall–Kier alpha value is -2.96. The molecule has 3 rings (SSSR count). The number of carbonyl (C=O) groups excluding carboxylic acids is 1. The first-order valence-electron chi connectivity index (χ1n) is 10.3. The summed E-state index contributed by atoms with van der Waals surface area (Å²) >= 11 is 0. The van der Waals surface area contributed by atoms with Crippen LogP contribution in [0, 0.1) is 0 Å². The molecule has 0 radical (unpaired) electrons. The Morgan fingerprint density at radius 1 is 0.938 bits per heavy atom. The van der Waals surface area contributed by atoms with E-state index in [1.54, 1.807) is 36.4 Å². The molecule has 0 unspecified atom stereocenters. The van der Waals surface area contributed by atoms with E-state index in [1.807, 2.05) is 36.4 Å². The number of rotatable bonds is 10. The van der Waals surface area contributed by atoms with E-state index in [4.69, 9.17) is 14.5 Å². The molecule has 0 fully saturated rings. The van der Waals surface area contributed by atoms with Gasteiger partial charge in [0, 0.05) is 16.8 Å². The number of nitrogens with one attached hydrogen (secondary N) is 1. The second-order valence-corrected chi connectivity index (χ2v) is 8.42. The van der Waals surface area contributed by atoms with Gasteiger partial charge in [-0.3, -0.25) is 9.32 Å². The van der Waals surface area contributed by atoms with E-state index >= 15 is 0 Å². The number of ether oxygens (including phenoxy) is 1. The second-order valence-electron chi connectivity index (χ2n) is 7.18. The molecule has 32 heavy (non-hydrogen) atoms. The molecule has 8 heteroatoms. The van der Waals surface area contributed by atoms with Crippen LogP contribution in [0.4, 0.5) is 5.69 Å². The van der Waals surface area contributed by atoms with Crippen LogP contribution >= 0.6 is 7.82 Å². The molecule has 3 N–H and O–H groups in total. The van der Waals surface area contributed by atoms with Crippen molar-refractivity contribution in [2.24, 2.45) is 0 Å². The molecule has 0 aliphatic rings. The first-order valence-corrected chi connectivity index (χ1v) is 11.8. The molecule has 3 aromatic rings. The molecule has 0 atom stereocenters. The molecule has 3 aromatic carbocycles. The fourth-order valence-corrected chi connectivity index (χ4v) is 3.32. The van der Waals surface area contributed by atoms with E-state index in [2.05, 4.69) is 16.8 Å². The first kappa shape index (κ1) is 23.7. The highest BCUT2D eigenvalue weighted by atomic mass is 31.2. The van der Waals surface area contributed by atoms with Crippen LogP contribution in [0.15, 0.2) is 72.8 Å². The summed E-state index contributed by atoms with van der Waals surface area (Å²) in [7, 11) is -4.61. The number of amides is 1. The third-order valence-electron chi connectivity index (χ3n) is 4.76. The molecule has 0 spiro atoms. The van der Waals surface area contributed by atoms with Crippen molar-refractivity contribution in [3.05, 3.63) is 83.9 Å². The lowest BCUT2D eigenvalue weighted by Gasteiger charge is -2.12. The standard InChI is InChI=1S/C24H26NO6P/c1-2-3-16-30-22-14-12-19(13-15-22)18-8-10-20(11-9-18)24(26)25-23-7-5-4-6-21(23)17-31-32(27,28)29/h4-15H,2-3,16-17H2,1H3,(H,25,26)(H2,27,28,29). The molecule has 0 aliphatic heterocycles. The van der Waals surface area contributed by atoms with Gasteiger partial charge in [0.2, 0.25) is 0 Å². The predicted octanol–water partition coefficient (Wildman–Crippen LogP) is 5.39. The molecular weight excluding hydrogens is 429 g/mol. The average Bonchev–Trinajstić information content (AvgIpc) is 2.79. The highest BCUT2D eigenvalue weighted by Gasteiger charge is 2.16. The Morgan fingerprint density at radius 2 is 1.56 bits per heavy atom. The Labute approximate surface area is 187 Å². The van der Waals surface area contributed by atoms with Crippen LogP contribution in [0.1, 0.15) is 35.7 Å². The maximum absolute atomic E-state index is 12.7. The van der Waals surface area contributed by atoms with Gasteiger partial charge >= 0.3 is 7.82 Å². The van der Waals surface area contributed by atoms with E-state index in [9.17, 15) is 9.36 Å². The van der Waals surface area contributed by atoms with E-state index in [0.717, 1.165) is 29.7 Å². The zero-order chi connectivity index (χ0) is 23.0. The quantitative estimate of drug-likeness (QED) is 0.280. The summed E-state index contributed by atoms with van der Waals surface area (Å²) in [4.78, 5) is 30.5. The smallest absolute Gasteiger partial charge is 0.469 e. The molecular formula is C24H26NO6P. The predicted molar refractivity (Wildman–Crippen MR) is 124 cm³/mol. The lowest BCUT2D eigenvalue weighted by molar-refractivity contribution is 0.102. The normalized spacial score (nSPS) is 11.2. The van der Waals surface area contributed by atoms with Gasteiger partial charge in [0.05, 0.1) is 13.2 Å². The number of unbranched alkanes of at least 4 members (excludes halogenated alkanes) is 1. The summed E-state index contributed by atoms with van der Waals surface area (Å²) in [6.45, 7) is 2.50. The highest BCUT2D eigenvalue weighted by Crippen LogP contribution is 2.37. The highest BCUT2D eigenvalue weighted by molar-refractivity contribution is 7.46. The van der Waals surface area contributed by atoms with E-state index < -0.39 is 7.82 Å². The molecule has 7 nitrogen and oxygen atoms in total. The number of hydrogen-bond donors (Lipinski definition) is 3. The maximum Gasteiger partial charge on any atom is 0.469 e. The fourth-order valence-electron chi connectivity index (χ4n) is 3.01. The third kappa shape index (κ3) is 7.04. The topological polar surface area (TPSA) is 105 Å². The van der Waals surface area contributed by atoms with Crippen LogP contribution < -0.4 is 10.1 Å². The van der Waals surface area contributed by atoms with Gasteiger partial charge in [0.25, 0.3) is 5.91 Å². The number of anilines is 1. The van der Waals surface area contributed by atoms with Crippen molar-refractivity contribution in [2.45, 2.75) is 26.4 Å². The summed E-state index contributed by atoms with van der Waals surface area (Å²) in [5.74, 6) is 0.499. The monoisotopic (exact) mass is 455 g/mol. The zero-order valence-electron chi connectivity index (χ0n) is 17.7. The van der Waals surface area contributed by atoms with Gasteiger partial charge in [-0.25, -0.2) is 4.57 Å². The molecule has 168 valence electrons. The van der Waals surface area contributed by atoms with E-state index in [0.29, 0.717) is 23.4 Å². The number of carbonyl (C=O) groups is 1. The largest absolute Gasteiger partial charge is 0.494 e. The van der Waals surface area contributed by atoms with Gasteiger partial charge in [0.1, 0.15) is 5.75 Å². The van der Waals surface area contributed by atoms with E-state index in [-0.39, 0.29) is 12.5 Å². The van der Waals surface area contributed by atoms with Crippen LogP contribution in [0.2, 0.25) is 0 Å². The summed E-state index contributed by atoms with van der Waals surface area (Å²) in [6, 6.07) is 21.7. The SMILES string of the molecule is CCCCOc1ccc(-c2ccc(C(=O)Nc3ccccc3COP(=O)(O)O)cc2)cc1. The fraction of sp³-hybridized carbons (Fsp3) is 0.208. The van der Waals surface area contributed by atoms with Crippen LogP contribution in [0.5, 0.6) is 5.75 Å². The van der Waals surface area contributed by atoms with E-state index in [1.165, 1.54) is 0 Å². The van der Waals surface area contributed by atoms with Crippen molar-refractivity contribution in [3.63, 3.8) is 0 Å². The van der Waals surface area contributed by atoms with Crippen LogP contribution in [-0.2, 0) is 15.7 Å². The second kappa shape index (κ2) is 11.1. The van der Waals surface area contributed by atoms with Crippen molar-refractivity contribution >= 4 is 19.4 Å². The summed E-state index contributed by atoms with van der Waals surface area (Å²) in [6.07, 6.45) is 2.11. The lowest BCUT2D eigenvalue weighted by atomic mass is 10.0. The zero-order valence-corrected chi connectivity index (χ0v) is 18.6. The Bertz CT molecular complexity index is 1080. The number of para-hydroxylation sites is 1. The van der Waals surface area contributed by atoms with Gasteiger partial charge in [-0.15, -0.1) is 0 Å². The molecule has 0 aromatic heterocycles. The van der Waals surface area contributed by atoms with Crippen molar-refractivity contribution in [1.29, 1.82) is 0 Å². The Morgan fingerprint density at radius 3 is 2.19 bits per heavy atom. The lowest BCUT2D eigenvalue weighted by Crippen LogP contribution is -2.13. The van der Waals surface area contributed by atoms with Crippen LogP contribution in [0.3, 0.4) is 0 Å². The minimum Gasteiger partial charge on any atom is -0.494 e. The van der Waals surface area contributed by atoms with Crippen molar-refractivity contribution in [1.82, 2.24) is 0 Å². The van der Waals surface area contributed by atoms with Crippen LogP contribution in [0.25, 0.3) is 11.1 Å². The van der Waals surface area contributed by atoms with Crippen LogP contribution in [-0.4, -0.2) is 22.3 Å². The van der Waals surface area contributed by atoms with Crippen molar-refractivity contribution in [2.75, 3.05) is 11.9 Å². The summed E-state index contributed by atoms with van der Waals surface area (Å²) in [5, 5.41) is 2.77. The first-order chi connectivity index (χ1) is 15.4. The van der Waals surface area contributed by atoms with Gasteiger partial charge in [-0.05, 0) is 47.9 Å². The van der Waals surface area contributed by atoms with Gasteiger partial charge in [-0.2, -0.15) is 0 Å². The molecule has 0 saturated carbocycles. The third-order valence-corrected chi connectivity index (χ3v) is 5.22. The molecule has 0 saturated heterocycles. The molecule has 0 heterocycles.